The van der Waals surface area contributed by atoms with E-state index in [9.17, 15) is 0 Å². The van der Waals surface area contributed by atoms with Gasteiger partial charge in [0.05, 0.1) is 23.9 Å². The molecule has 0 amide bonds. The summed E-state index contributed by atoms with van der Waals surface area (Å²) < 4.78 is 5.81. The van der Waals surface area contributed by atoms with Crippen LogP contribution in [0.3, 0.4) is 0 Å². The summed E-state index contributed by atoms with van der Waals surface area (Å²) in [6.45, 7) is 7.48. The van der Waals surface area contributed by atoms with Crippen molar-refractivity contribution in [3.8, 4) is 11.3 Å². The van der Waals surface area contributed by atoms with E-state index in [0.29, 0.717) is 6.54 Å². The van der Waals surface area contributed by atoms with Gasteiger partial charge in [-0.2, -0.15) is 0 Å². The van der Waals surface area contributed by atoms with Gasteiger partial charge in [-0.25, -0.2) is 9.97 Å². The first-order valence-electron chi connectivity index (χ1n) is 11.0. The molecule has 162 valence electrons. The lowest BCUT2D eigenvalue weighted by atomic mass is 10.1. The summed E-state index contributed by atoms with van der Waals surface area (Å²) in [6, 6.07) is 10.7. The number of pyridine rings is 1. The van der Waals surface area contributed by atoms with Gasteiger partial charge in [0.1, 0.15) is 5.52 Å². The molecule has 3 aromatic rings. The number of benzene rings is 1. The van der Waals surface area contributed by atoms with Gasteiger partial charge >= 0.3 is 0 Å². The Labute approximate surface area is 182 Å². The number of aromatic nitrogens is 3. The standard InChI is InChI=1S/C23H29N7O/c1-29-9-11-30(12-10-29)18-4-2-17(3-5-18)20-14-21-22(26-7-6-25-21)23(28-20)27-16-19-15-24-8-13-31-19/h2-7,14,19,24H,8-13,15-16H2,1H3,(H,27,28)/t19-/m0/s1. The van der Waals surface area contributed by atoms with Crippen LogP contribution < -0.4 is 15.5 Å². The van der Waals surface area contributed by atoms with Crippen molar-refractivity contribution in [1.29, 1.82) is 0 Å². The zero-order chi connectivity index (χ0) is 21.0. The van der Waals surface area contributed by atoms with E-state index in [1.165, 1.54) is 5.69 Å². The van der Waals surface area contributed by atoms with Crippen molar-refractivity contribution >= 4 is 22.5 Å². The number of ether oxygens (including phenoxy) is 1. The molecule has 2 fully saturated rings. The third-order valence-corrected chi connectivity index (χ3v) is 5.99. The van der Waals surface area contributed by atoms with Crippen molar-refractivity contribution in [3.63, 3.8) is 0 Å². The number of anilines is 2. The van der Waals surface area contributed by atoms with Crippen LogP contribution in [0.2, 0.25) is 0 Å². The molecular formula is C23H29N7O. The normalized spacial score (nSPS) is 20.2. The molecule has 1 aromatic carbocycles. The highest BCUT2D eigenvalue weighted by atomic mass is 16.5. The zero-order valence-corrected chi connectivity index (χ0v) is 17.9. The number of fused-ring (bicyclic) bond motifs is 1. The van der Waals surface area contributed by atoms with Gasteiger partial charge in [0, 0.05) is 69.5 Å². The molecule has 0 aliphatic carbocycles. The first-order chi connectivity index (χ1) is 15.3. The molecule has 0 spiro atoms. The van der Waals surface area contributed by atoms with Crippen LogP contribution >= 0.6 is 0 Å². The smallest absolute Gasteiger partial charge is 0.154 e. The van der Waals surface area contributed by atoms with Crippen LogP contribution in [0.5, 0.6) is 0 Å². The zero-order valence-electron chi connectivity index (χ0n) is 17.9. The van der Waals surface area contributed by atoms with Crippen molar-refractivity contribution in [1.82, 2.24) is 25.2 Å². The Bertz CT molecular complexity index is 1010. The molecule has 8 heteroatoms. The van der Waals surface area contributed by atoms with Gasteiger partial charge in [-0.3, -0.25) is 4.98 Å². The lowest BCUT2D eigenvalue weighted by Crippen LogP contribution is -2.44. The summed E-state index contributed by atoms with van der Waals surface area (Å²) in [5.74, 6) is 0.748. The third-order valence-electron chi connectivity index (χ3n) is 5.99. The summed E-state index contributed by atoms with van der Waals surface area (Å²) in [4.78, 5) is 18.7. The number of hydrogen-bond acceptors (Lipinski definition) is 8. The average molecular weight is 420 g/mol. The fourth-order valence-electron chi connectivity index (χ4n) is 4.11. The predicted octanol–water partition coefficient (Wildman–Crippen LogP) is 1.84. The van der Waals surface area contributed by atoms with Crippen LogP contribution in [0.15, 0.2) is 42.7 Å². The van der Waals surface area contributed by atoms with E-state index in [2.05, 4.69) is 61.7 Å². The highest BCUT2D eigenvalue weighted by molar-refractivity contribution is 5.88. The fraction of sp³-hybridized carbons (Fsp3) is 0.435. The Balaban J connectivity index is 1.39. The van der Waals surface area contributed by atoms with Crippen molar-refractivity contribution < 1.29 is 4.74 Å². The average Bonchev–Trinajstić information content (AvgIpc) is 2.83. The Morgan fingerprint density at radius 2 is 1.90 bits per heavy atom. The Kier molecular flexibility index (Phi) is 5.93. The maximum absolute atomic E-state index is 5.81. The molecule has 2 aliphatic heterocycles. The van der Waals surface area contributed by atoms with Crippen molar-refractivity contribution in [2.45, 2.75) is 6.10 Å². The number of hydrogen-bond donors (Lipinski definition) is 2. The quantitative estimate of drug-likeness (QED) is 0.649. The minimum Gasteiger partial charge on any atom is -0.374 e. The predicted molar refractivity (Wildman–Crippen MR) is 124 cm³/mol. The summed E-state index contributed by atoms with van der Waals surface area (Å²) >= 11 is 0. The fourth-order valence-corrected chi connectivity index (χ4v) is 4.11. The minimum absolute atomic E-state index is 0.119. The highest BCUT2D eigenvalue weighted by Crippen LogP contribution is 2.27. The first kappa shape index (κ1) is 20.1. The third kappa shape index (κ3) is 4.61. The molecule has 0 radical (unpaired) electrons. The molecule has 2 aliphatic rings. The molecule has 2 saturated heterocycles. The summed E-state index contributed by atoms with van der Waals surface area (Å²) in [7, 11) is 2.18. The molecule has 4 heterocycles. The number of nitrogens with zero attached hydrogens (tertiary/aromatic N) is 5. The van der Waals surface area contributed by atoms with E-state index < -0.39 is 0 Å². The largest absolute Gasteiger partial charge is 0.374 e. The van der Waals surface area contributed by atoms with Crippen molar-refractivity contribution in [2.24, 2.45) is 0 Å². The monoisotopic (exact) mass is 419 g/mol. The van der Waals surface area contributed by atoms with Gasteiger partial charge < -0.3 is 25.2 Å². The van der Waals surface area contributed by atoms with Gasteiger partial charge in [0.2, 0.25) is 0 Å². The molecule has 0 bridgehead atoms. The highest BCUT2D eigenvalue weighted by Gasteiger charge is 2.17. The molecule has 5 rings (SSSR count). The topological polar surface area (TPSA) is 78.4 Å². The van der Waals surface area contributed by atoms with Crippen LogP contribution in [0.25, 0.3) is 22.3 Å². The van der Waals surface area contributed by atoms with E-state index in [4.69, 9.17) is 9.72 Å². The first-order valence-corrected chi connectivity index (χ1v) is 11.0. The van der Waals surface area contributed by atoms with E-state index in [-0.39, 0.29) is 6.10 Å². The van der Waals surface area contributed by atoms with Crippen molar-refractivity contribution in [2.75, 3.05) is 69.7 Å². The second kappa shape index (κ2) is 9.13. The summed E-state index contributed by atoms with van der Waals surface area (Å²) in [5.41, 5.74) is 4.84. The van der Waals surface area contributed by atoms with Gasteiger partial charge in [-0.15, -0.1) is 0 Å². The van der Waals surface area contributed by atoms with E-state index in [1.807, 2.05) is 6.07 Å². The Hall–Kier alpha value is -2.81. The van der Waals surface area contributed by atoms with E-state index in [1.54, 1.807) is 12.4 Å². The van der Waals surface area contributed by atoms with Crippen molar-refractivity contribution in [3.05, 3.63) is 42.7 Å². The molecule has 0 unspecified atom stereocenters. The summed E-state index contributed by atoms with van der Waals surface area (Å²) in [6.07, 6.45) is 3.55. The number of nitrogens with one attached hydrogen (secondary N) is 2. The van der Waals surface area contributed by atoms with Gasteiger partial charge in [-0.1, -0.05) is 12.1 Å². The number of likely N-dealkylation sites (N-methyl/N-ethyl adjacent to an activating group) is 1. The lowest BCUT2D eigenvalue weighted by molar-refractivity contribution is 0.0372. The molecule has 1 atom stereocenters. The van der Waals surface area contributed by atoms with Crippen LogP contribution in [-0.2, 0) is 4.74 Å². The second-order valence-electron chi connectivity index (χ2n) is 8.20. The van der Waals surface area contributed by atoms with Crippen LogP contribution in [0, 0.1) is 0 Å². The van der Waals surface area contributed by atoms with E-state index >= 15 is 0 Å². The Morgan fingerprint density at radius 1 is 1.10 bits per heavy atom. The minimum atomic E-state index is 0.119. The molecule has 31 heavy (non-hydrogen) atoms. The van der Waals surface area contributed by atoms with Crippen LogP contribution in [0.1, 0.15) is 0 Å². The molecule has 0 saturated carbocycles. The number of piperazine rings is 1. The lowest BCUT2D eigenvalue weighted by Gasteiger charge is -2.34. The summed E-state index contributed by atoms with van der Waals surface area (Å²) in [5, 5.41) is 6.80. The maximum Gasteiger partial charge on any atom is 0.154 e. The molecule has 2 aromatic heterocycles. The van der Waals surface area contributed by atoms with Gasteiger partial charge in [0.15, 0.2) is 5.82 Å². The van der Waals surface area contributed by atoms with Crippen LogP contribution in [-0.4, -0.2) is 85.4 Å². The Morgan fingerprint density at radius 3 is 2.68 bits per heavy atom. The number of rotatable bonds is 5. The van der Waals surface area contributed by atoms with Crippen LogP contribution in [0.4, 0.5) is 11.5 Å². The SMILES string of the molecule is CN1CCN(c2ccc(-c3cc4nccnc4c(NC[C@@H]4CNCCO4)n3)cc2)CC1. The second-order valence-corrected chi connectivity index (χ2v) is 8.20. The maximum atomic E-state index is 5.81. The molecule has 8 nitrogen and oxygen atoms in total. The molecular weight excluding hydrogens is 390 g/mol. The van der Waals surface area contributed by atoms with Gasteiger partial charge in [0.25, 0.3) is 0 Å². The van der Waals surface area contributed by atoms with E-state index in [0.717, 1.165) is 74.0 Å². The molecule has 2 N–H and O–H groups in total. The van der Waals surface area contributed by atoms with Gasteiger partial charge in [-0.05, 0) is 25.2 Å². The number of morpholine rings is 1.